The maximum atomic E-state index is 11.6. The molecule has 0 aliphatic heterocycles. The van der Waals surface area contributed by atoms with E-state index in [1.54, 1.807) is 13.0 Å². The lowest BCUT2D eigenvalue weighted by Gasteiger charge is -2.10. The number of guanidine groups is 1. The van der Waals surface area contributed by atoms with E-state index in [9.17, 15) is 4.79 Å². The van der Waals surface area contributed by atoms with Crippen LogP contribution < -0.4 is 10.6 Å². The normalized spacial score (nSPS) is 10.8. The van der Waals surface area contributed by atoms with Crippen molar-refractivity contribution in [2.75, 3.05) is 13.7 Å². The average Bonchev–Trinajstić information content (AvgIpc) is 2.99. The standard InChI is InChI=1S/C18H22ClN3O3.HI/c1-4-20-18(21-10-13-5-7-14(19)8-6-13)22-11-15-9-16(12(2)25-15)17(23)24-3;/h5-9H,4,10-11H2,1-3H3,(H2,20,21,22);1H. The third-order valence-electron chi connectivity index (χ3n) is 3.48. The van der Waals surface area contributed by atoms with E-state index in [-0.39, 0.29) is 24.0 Å². The number of methoxy groups -OCH3 is 1. The first-order valence-corrected chi connectivity index (χ1v) is 8.35. The van der Waals surface area contributed by atoms with Gasteiger partial charge in [-0.05, 0) is 37.6 Å². The Morgan fingerprint density at radius 1 is 1.27 bits per heavy atom. The summed E-state index contributed by atoms with van der Waals surface area (Å²) < 4.78 is 10.3. The number of nitrogens with one attached hydrogen (secondary N) is 2. The molecule has 1 aromatic heterocycles. The fraction of sp³-hybridized carbons (Fsp3) is 0.333. The molecule has 26 heavy (non-hydrogen) atoms. The van der Waals surface area contributed by atoms with E-state index in [2.05, 4.69) is 15.6 Å². The fourth-order valence-electron chi connectivity index (χ4n) is 2.22. The van der Waals surface area contributed by atoms with Gasteiger partial charge in [-0.25, -0.2) is 9.79 Å². The van der Waals surface area contributed by atoms with Crippen LogP contribution in [-0.2, 0) is 17.8 Å². The summed E-state index contributed by atoms with van der Waals surface area (Å²) in [4.78, 5) is 16.2. The number of halogens is 2. The predicted octanol–water partition coefficient (Wildman–Crippen LogP) is 3.90. The maximum absolute atomic E-state index is 11.6. The highest BCUT2D eigenvalue weighted by Gasteiger charge is 2.15. The van der Waals surface area contributed by atoms with E-state index >= 15 is 0 Å². The summed E-state index contributed by atoms with van der Waals surface area (Å²) in [5.74, 6) is 1.42. The zero-order valence-electron chi connectivity index (χ0n) is 15.0. The minimum absolute atomic E-state index is 0. The van der Waals surface area contributed by atoms with Crippen LogP contribution in [0.3, 0.4) is 0 Å². The lowest BCUT2D eigenvalue weighted by Crippen LogP contribution is -2.36. The van der Waals surface area contributed by atoms with Gasteiger partial charge in [0.15, 0.2) is 5.96 Å². The number of carbonyl (C=O) groups is 1. The number of aryl methyl sites for hydroxylation is 1. The Morgan fingerprint density at radius 3 is 2.58 bits per heavy atom. The molecule has 0 bridgehead atoms. The highest BCUT2D eigenvalue weighted by atomic mass is 127. The average molecular weight is 492 g/mol. The Bertz CT molecular complexity index is 745. The summed E-state index contributed by atoms with van der Waals surface area (Å²) in [5, 5.41) is 7.05. The van der Waals surface area contributed by atoms with E-state index in [0.717, 1.165) is 12.1 Å². The molecule has 0 saturated carbocycles. The molecule has 0 spiro atoms. The number of benzene rings is 1. The molecule has 142 valence electrons. The highest BCUT2D eigenvalue weighted by molar-refractivity contribution is 14.0. The number of ether oxygens (including phenoxy) is 1. The second-order valence-electron chi connectivity index (χ2n) is 5.35. The van der Waals surface area contributed by atoms with Crippen molar-refractivity contribution in [2.24, 2.45) is 4.99 Å². The number of rotatable bonds is 6. The lowest BCUT2D eigenvalue weighted by atomic mass is 10.2. The van der Waals surface area contributed by atoms with Crippen LogP contribution in [0.2, 0.25) is 5.02 Å². The van der Waals surface area contributed by atoms with Crippen LogP contribution in [0.15, 0.2) is 39.7 Å². The molecule has 8 heteroatoms. The predicted molar refractivity (Wildman–Crippen MR) is 113 cm³/mol. The minimum atomic E-state index is -0.407. The third kappa shape index (κ3) is 6.53. The van der Waals surface area contributed by atoms with Gasteiger partial charge in [-0.1, -0.05) is 23.7 Å². The van der Waals surface area contributed by atoms with Gasteiger partial charge in [-0.15, -0.1) is 24.0 Å². The molecule has 2 aromatic rings. The van der Waals surface area contributed by atoms with E-state index in [1.165, 1.54) is 7.11 Å². The van der Waals surface area contributed by atoms with Crippen molar-refractivity contribution in [3.63, 3.8) is 0 Å². The summed E-state index contributed by atoms with van der Waals surface area (Å²) in [6, 6.07) is 9.23. The Morgan fingerprint density at radius 2 is 1.96 bits per heavy atom. The molecule has 0 atom stereocenters. The monoisotopic (exact) mass is 491 g/mol. The van der Waals surface area contributed by atoms with Crippen LogP contribution >= 0.6 is 35.6 Å². The van der Waals surface area contributed by atoms with Gasteiger partial charge in [0.1, 0.15) is 17.1 Å². The number of carbonyl (C=O) groups excluding carboxylic acids is 1. The summed E-state index contributed by atoms with van der Waals surface area (Å²) in [5.41, 5.74) is 1.49. The van der Waals surface area contributed by atoms with Crippen LogP contribution in [0.1, 0.15) is 34.4 Å². The Kier molecular flexibility index (Phi) is 9.50. The third-order valence-corrected chi connectivity index (χ3v) is 3.73. The lowest BCUT2D eigenvalue weighted by molar-refractivity contribution is 0.0599. The molecule has 0 unspecified atom stereocenters. The van der Waals surface area contributed by atoms with E-state index in [1.807, 2.05) is 31.2 Å². The summed E-state index contributed by atoms with van der Waals surface area (Å²) in [6.45, 7) is 5.39. The first kappa shape index (κ1) is 22.3. The minimum Gasteiger partial charge on any atom is -0.465 e. The van der Waals surface area contributed by atoms with E-state index < -0.39 is 5.97 Å². The molecular formula is C18H23ClIN3O3. The molecule has 1 aromatic carbocycles. The largest absolute Gasteiger partial charge is 0.465 e. The molecule has 0 fully saturated rings. The van der Waals surface area contributed by atoms with Crippen LogP contribution in [0.4, 0.5) is 0 Å². The van der Waals surface area contributed by atoms with Crippen LogP contribution in [0.5, 0.6) is 0 Å². The fourth-order valence-corrected chi connectivity index (χ4v) is 2.34. The van der Waals surface area contributed by atoms with Gasteiger partial charge in [0, 0.05) is 11.6 Å². The van der Waals surface area contributed by atoms with E-state index in [4.69, 9.17) is 20.8 Å². The number of esters is 1. The molecule has 1 heterocycles. The molecule has 6 nitrogen and oxygen atoms in total. The summed E-state index contributed by atoms with van der Waals surface area (Å²) in [6.07, 6.45) is 0. The zero-order valence-corrected chi connectivity index (χ0v) is 18.1. The second kappa shape index (κ2) is 11.1. The highest BCUT2D eigenvalue weighted by Crippen LogP contribution is 2.15. The van der Waals surface area contributed by atoms with Gasteiger partial charge < -0.3 is 19.8 Å². The van der Waals surface area contributed by atoms with Crippen molar-refractivity contribution in [1.82, 2.24) is 10.6 Å². The van der Waals surface area contributed by atoms with Crippen molar-refractivity contribution in [3.8, 4) is 0 Å². The van der Waals surface area contributed by atoms with Crippen LogP contribution in [-0.4, -0.2) is 25.6 Å². The van der Waals surface area contributed by atoms with Crippen LogP contribution in [0.25, 0.3) is 0 Å². The van der Waals surface area contributed by atoms with Gasteiger partial charge >= 0.3 is 5.97 Å². The number of hydrogen-bond donors (Lipinski definition) is 2. The smallest absolute Gasteiger partial charge is 0.341 e. The number of nitrogens with zero attached hydrogens (tertiary/aromatic N) is 1. The summed E-state index contributed by atoms with van der Waals surface area (Å²) >= 11 is 5.89. The van der Waals surface area contributed by atoms with Gasteiger partial charge in [0.2, 0.25) is 0 Å². The van der Waals surface area contributed by atoms with Crippen LogP contribution in [0, 0.1) is 6.92 Å². The molecule has 0 aliphatic rings. The first-order valence-electron chi connectivity index (χ1n) is 7.97. The zero-order chi connectivity index (χ0) is 18.2. The van der Waals surface area contributed by atoms with Crippen molar-refractivity contribution in [2.45, 2.75) is 26.9 Å². The van der Waals surface area contributed by atoms with Gasteiger partial charge in [0.05, 0.1) is 20.2 Å². The van der Waals surface area contributed by atoms with Crippen molar-refractivity contribution in [1.29, 1.82) is 0 Å². The Hall–Kier alpha value is -1.74. The number of aliphatic imine (C=N–C) groups is 1. The molecule has 0 amide bonds. The molecular weight excluding hydrogens is 469 g/mol. The molecule has 0 saturated heterocycles. The molecule has 2 rings (SSSR count). The van der Waals surface area contributed by atoms with E-state index in [0.29, 0.717) is 41.2 Å². The maximum Gasteiger partial charge on any atom is 0.341 e. The van der Waals surface area contributed by atoms with Crippen molar-refractivity contribution < 1.29 is 13.9 Å². The quantitative estimate of drug-likeness (QED) is 0.277. The van der Waals surface area contributed by atoms with Crippen molar-refractivity contribution >= 4 is 47.5 Å². The Balaban J connectivity index is 0.00000338. The van der Waals surface area contributed by atoms with Crippen molar-refractivity contribution in [3.05, 3.63) is 58.0 Å². The Labute approximate surface area is 175 Å². The SMILES string of the molecule is CCNC(=NCc1ccc(Cl)cc1)NCc1cc(C(=O)OC)c(C)o1.I. The van der Waals surface area contributed by atoms with Gasteiger partial charge in [0.25, 0.3) is 0 Å². The number of furan rings is 1. The number of hydrogen-bond acceptors (Lipinski definition) is 4. The van der Waals surface area contributed by atoms with Gasteiger partial charge in [-0.2, -0.15) is 0 Å². The summed E-state index contributed by atoms with van der Waals surface area (Å²) in [7, 11) is 1.35. The molecule has 2 N–H and O–H groups in total. The van der Waals surface area contributed by atoms with Gasteiger partial charge in [-0.3, -0.25) is 0 Å². The topological polar surface area (TPSA) is 75.9 Å². The second-order valence-corrected chi connectivity index (χ2v) is 5.79. The molecule has 0 aliphatic carbocycles. The molecule has 0 radical (unpaired) electrons. The first-order chi connectivity index (χ1) is 12.0.